The first-order valence-corrected chi connectivity index (χ1v) is 10.6. The van der Waals surface area contributed by atoms with Crippen LogP contribution in [0.25, 0.3) is 0 Å². The van der Waals surface area contributed by atoms with E-state index in [-0.39, 0.29) is 29.1 Å². The van der Waals surface area contributed by atoms with Gasteiger partial charge in [-0.3, -0.25) is 24.6 Å². The van der Waals surface area contributed by atoms with Crippen LogP contribution in [0.2, 0.25) is 5.02 Å². The highest BCUT2D eigenvalue weighted by atomic mass is 35.5. The Hall–Kier alpha value is -2.97. The fourth-order valence-electron chi connectivity index (χ4n) is 3.34. The maximum Gasteiger partial charge on any atom is 0.271 e. The first-order valence-electron chi connectivity index (χ1n) is 10.3. The number of hydrogen-bond acceptors (Lipinski definition) is 5. The van der Waals surface area contributed by atoms with Crippen LogP contribution in [0.4, 0.5) is 11.4 Å². The lowest BCUT2D eigenvalue weighted by Crippen LogP contribution is -2.34. The van der Waals surface area contributed by atoms with Gasteiger partial charge < -0.3 is 10.6 Å². The minimum Gasteiger partial charge on any atom is -0.349 e. The van der Waals surface area contributed by atoms with Gasteiger partial charge in [0, 0.05) is 36.3 Å². The maximum absolute atomic E-state index is 12.6. The number of carbonyl (C=O) groups is 2. The number of anilines is 1. The molecule has 4 rings (SSSR count). The fourth-order valence-corrected chi connectivity index (χ4v) is 3.56. The van der Waals surface area contributed by atoms with Crippen molar-refractivity contribution in [3.05, 3.63) is 68.7 Å². The smallest absolute Gasteiger partial charge is 0.271 e. The topological polar surface area (TPSA) is 105 Å². The van der Waals surface area contributed by atoms with E-state index in [4.69, 9.17) is 11.6 Å². The highest BCUT2D eigenvalue weighted by Crippen LogP contribution is 2.29. The molecule has 0 aromatic heterocycles. The van der Waals surface area contributed by atoms with Crippen LogP contribution in [-0.2, 0) is 11.3 Å². The summed E-state index contributed by atoms with van der Waals surface area (Å²) in [7, 11) is 0. The molecule has 2 fully saturated rings. The highest BCUT2D eigenvalue weighted by molar-refractivity contribution is 6.34. The highest BCUT2D eigenvalue weighted by Gasteiger charge is 2.30. The number of carbonyl (C=O) groups excluding carboxylic acids is 2. The van der Waals surface area contributed by atoms with E-state index in [0.717, 1.165) is 31.2 Å². The Morgan fingerprint density at radius 3 is 2.39 bits per heavy atom. The molecule has 2 aliphatic carbocycles. The van der Waals surface area contributed by atoms with Gasteiger partial charge >= 0.3 is 0 Å². The Morgan fingerprint density at radius 2 is 1.81 bits per heavy atom. The molecule has 162 valence electrons. The number of non-ortho nitro benzene ring substituents is 1. The second kappa shape index (κ2) is 9.03. The van der Waals surface area contributed by atoms with Crippen molar-refractivity contribution in [1.82, 2.24) is 10.2 Å². The van der Waals surface area contributed by atoms with Crippen LogP contribution in [0.3, 0.4) is 0 Å². The van der Waals surface area contributed by atoms with Crippen LogP contribution in [0.1, 0.15) is 41.6 Å². The summed E-state index contributed by atoms with van der Waals surface area (Å²) in [6, 6.07) is 12.1. The minimum atomic E-state index is -0.535. The summed E-state index contributed by atoms with van der Waals surface area (Å²) < 4.78 is 0. The molecule has 31 heavy (non-hydrogen) atoms. The van der Waals surface area contributed by atoms with Crippen LogP contribution >= 0.6 is 11.6 Å². The number of hydrogen-bond donors (Lipinski definition) is 2. The second-order valence-electron chi connectivity index (χ2n) is 8.05. The second-order valence-corrected chi connectivity index (χ2v) is 8.46. The number of rotatable bonds is 9. The normalized spacial score (nSPS) is 15.5. The van der Waals surface area contributed by atoms with Crippen molar-refractivity contribution in [2.45, 2.75) is 44.3 Å². The lowest BCUT2D eigenvalue weighted by molar-refractivity contribution is -0.384. The lowest BCUT2D eigenvalue weighted by Gasteiger charge is -2.22. The van der Waals surface area contributed by atoms with Crippen LogP contribution in [0.15, 0.2) is 42.5 Å². The Kier molecular flexibility index (Phi) is 6.20. The zero-order valence-corrected chi connectivity index (χ0v) is 17.6. The molecule has 2 saturated carbocycles. The zero-order chi connectivity index (χ0) is 22.0. The van der Waals surface area contributed by atoms with Crippen LogP contribution in [-0.4, -0.2) is 40.3 Å². The molecule has 2 N–H and O–H groups in total. The summed E-state index contributed by atoms with van der Waals surface area (Å²) in [5.74, 6) is -0.282. The molecule has 2 amide bonds. The standard InChI is InChI=1S/C22H23ClN4O4/c23-19-11-18(27(30)31)9-10-20(19)25-21(28)13-26(17-7-8-17)12-14-1-3-15(4-2-14)22(29)24-16-5-6-16/h1-4,9-11,16-17H,5-8,12-13H2,(H,24,29)(H,25,28). The third-order valence-corrected chi connectivity index (χ3v) is 5.67. The fraction of sp³-hybridized carbons (Fsp3) is 0.364. The molecule has 0 unspecified atom stereocenters. The van der Waals surface area contributed by atoms with Crippen molar-refractivity contribution in [3.8, 4) is 0 Å². The molecule has 0 bridgehead atoms. The number of nitrogens with one attached hydrogen (secondary N) is 2. The van der Waals surface area contributed by atoms with Gasteiger partial charge in [-0.2, -0.15) is 0 Å². The van der Waals surface area contributed by atoms with E-state index < -0.39 is 4.92 Å². The molecule has 0 aliphatic heterocycles. The molecule has 0 spiro atoms. The summed E-state index contributed by atoms with van der Waals surface area (Å²) in [5, 5.41) is 16.7. The zero-order valence-electron chi connectivity index (χ0n) is 16.8. The van der Waals surface area contributed by atoms with Gasteiger partial charge in [0.2, 0.25) is 5.91 Å². The van der Waals surface area contributed by atoms with Crippen molar-refractivity contribution in [1.29, 1.82) is 0 Å². The Bertz CT molecular complexity index is 1000. The van der Waals surface area contributed by atoms with Gasteiger partial charge in [0.15, 0.2) is 0 Å². The lowest BCUT2D eigenvalue weighted by atomic mass is 10.1. The van der Waals surface area contributed by atoms with Gasteiger partial charge in [-0.25, -0.2) is 0 Å². The Morgan fingerprint density at radius 1 is 1.10 bits per heavy atom. The molecule has 2 aliphatic rings. The van der Waals surface area contributed by atoms with E-state index in [2.05, 4.69) is 15.5 Å². The summed E-state index contributed by atoms with van der Waals surface area (Å²) in [6.07, 6.45) is 4.17. The summed E-state index contributed by atoms with van der Waals surface area (Å²) >= 11 is 6.07. The first kappa shape index (κ1) is 21.3. The largest absolute Gasteiger partial charge is 0.349 e. The molecular formula is C22H23ClN4O4. The van der Waals surface area contributed by atoms with Gasteiger partial charge in [0.25, 0.3) is 11.6 Å². The number of amides is 2. The van der Waals surface area contributed by atoms with Gasteiger partial charge in [-0.15, -0.1) is 0 Å². The van der Waals surface area contributed by atoms with Gasteiger partial charge in [0.05, 0.1) is 22.2 Å². The summed E-state index contributed by atoms with van der Waals surface area (Å²) in [4.78, 5) is 37.1. The average Bonchev–Trinajstić information content (AvgIpc) is 3.64. The number of halogens is 1. The SMILES string of the molecule is O=C(CN(Cc1ccc(C(=O)NC2CC2)cc1)C1CC1)Nc1ccc([N+](=O)[O-])cc1Cl. The number of nitrogens with zero attached hydrogens (tertiary/aromatic N) is 2. The van der Waals surface area contributed by atoms with Gasteiger partial charge in [-0.1, -0.05) is 23.7 Å². The Labute approximate surface area is 184 Å². The summed E-state index contributed by atoms with van der Waals surface area (Å²) in [6.45, 7) is 0.776. The number of nitro benzene ring substituents is 1. The van der Waals surface area contributed by atoms with Crippen molar-refractivity contribution in [2.24, 2.45) is 0 Å². The molecule has 0 atom stereocenters. The minimum absolute atomic E-state index is 0.0487. The predicted octanol–water partition coefficient (Wildman–Crippen LogP) is 3.74. The molecule has 0 radical (unpaired) electrons. The van der Waals surface area contributed by atoms with Crippen molar-refractivity contribution in [2.75, 3.05) is 11.9 Å². The van der Waals surface area contributed by atoms with E-state index in [1.54, 1.807) is 0 Å². The molecular weight excluding hydrogens is 420 g/mol. The van der Waals surface area contributed by atoms with E-state index in [9.17, 15) is 19.7 Å². The molecule has 8 nitrogen and oxygen atoms in total. The quantitative estimate of drug-likeness (QED) is 0.454. The maximum atomic E-state index is 12.6. The molecule has 2 aromatic carbocycles. The molecule has 0 heterocycles. The summed E-state index contributed by atoms with van der Waals surface area (Å²) in [5.41, 5.74) is 1.88. The Balaban J connectivity index is 1.35. The van der Waals surface area contributed by atoms with Crippen LogP contribution < -0.4 is 10.6 Å². The van der Waals surface area contributed by atoms with Crippen molar-refractivity contribution >= 4 is 34.8 Å². The number of nitro groups is 1. The third-order valence-electron chi connectivity index (χ3n) is 5.36. The monoisotopic (exact) mass is 442 g/mol. The molecule has 9 heteroatoms. The molecule has 0 saturated heterocycles. The first-order chi connectivity index (χ1) is 14.9. The van der Waals surface area contributed by atoms with E-state index in [0.29, 0.717) is 29.9 Å². The van der Waals surface area contributed by atoms with E-state index in [1.165, 1.54) is 18.2 Å². The van der Waals surface area contributed by atoms with Gasteiger partial charge in [0.1, 0.15) is 0 Å². The third kappa shape index (κ3) is 5.80. The van der Waals surface area contributed by atoms with Crippen molar-refractivity contribution in [3.63, 3.8) is 0 Å². The van der Waals surface area contributed by atoms with Gasteiger partial charge in [-0.05, 0) is 49.4 Å². The van der Waals surface area contributed by atoms with E-state index in [1.807, 2.05) is 24.3 Å². The predicted molar refractivity (Wildman–Crippen MR) is 117 cm³/mol. The average molecular weight is 443 g/mol. The molecule has 2 aromatic rings. The van der Waals surface area contributed by atoms with Crippen molar-refractivity contribution < 1.29 is 14.5 Å². The van der Waals surface area contributed by atoms with Crippen LogP contribution in [0.5, 0.6) is 0 Å². The number of benzene rings is 2. The van der Waals surface area contributed by atoms with Crippen LogP contribution in [0, 0.1) is 10.1 Å². The van der Waals surface area contributed by atoms with E-state index >= 15 is 0 Å².